The fourth-order valence-electron chi connectivity index (χ4n) is 1.01. The Morgan fingerprint density at radius 1 is 1.38 bits per heavy atom. The van der Waals surface area contributed by atoms with Crippen LogP contribution in [0.15, 0.2) is 29.2 Å². The van der Waals surface area contributed by atoms with Gasteiger partial charge in [-0.2, -0.15) is 0 Å². The Hall–Kier alpha value is 0.140. The molecular formula is C8H11O2PS2. The van der Waals surface area contributed by atoms with Crippen molar-refractivity contribution in [3.05, 3.63) is 29.8 Å². The molecule has 0 atom stereocenters. The van der Waals surface area contributed by atoms with E-state index >= 15 is 0 Å². The zero-order valence-corrected chi connectivity index (χ0v) is 9.70. The molecular weight excluding hydrogens is 223 g/mol. The third-order valence-corrected chi connectivity index (χ3v) is 4.38. The van der Waals surface area contributed by atoms with Gasteiger partial charge >= 0.3 is 0 Å². The van der Waals surface area contributed by atoms with E-state index < -0.39 is 5.69 Å². The molecule has 0 saturated carbocycles. The summed E-state index contributed by atoms with van der Waals surface area (Å²) in [6.45, 7) is 2.03. The van der Waals surface area contributed by atoms with Gasteiger partial charge in [-0.05, 0) is 41.2 Å². The molecule has 0 fully saturated rings. The van der Waals surface area contributed by atoms with Gasteiger partial charge in [0.25, 0.3) is 0 Å². The minimum atomic E-state index is -3.18. The summed E-state index contributed by atoms with van der Waals surface area (Å²) in [6.07, 6.45) is 0.874. The zero-order valence-electron chi connectivity index (χ0n) is 7.17. The third-order valence-electron chi connectivity index (χ3n) is 1.57. The average Bonchev–Trinajstić information content (AvgIpc) is 2.02. The Labute approximate surface area is 86.9 Å². The molecule has 0 heterocycles. The number of benzene rings is 1. The van der Waals surface area contributed by atoms with Crippen molar-refractivity contribution < 1.29 is 9.79 Å². The van der Waals surface area contributed by atoms with E-state index in [0.29, 0.717) is 0 Å². The van der Waals surface area contributed by atoms with Gasteiger partial charge in [-0.3, -0.25) is 0 Å². The molecule has 0 bridgehead atoms. The lowest BCUT2D eigenvalue weighted by Gasteiger charge is -2.09. The summed E-state index contributed by atoms with van der Waals surface area (Å²) in [5.74, 6) is 0. The van der Waals surface area contributed by atoms with Gasteiger partial charge in [0.15, 0.2) is 0 Å². The summed E-state index contributed by atoms with van der Waals surface area (Å²) >= 11 is 5.55. The smallest absolute Gasteiger partial charge is 0.246 e. The second-order valence-corrected chi connectivity index (χ2v) is 8.44. The minimum absolute atomic E-state index is 0.873. The molecule has 0 amide bonds. The van der Waals surface area contributed by atoms with Crippen molar-refractivity contribution in [2.75, 3.05) is 0 Å². The molecule has 0 radical (unpaired) electrons. The lowest BCUT2D eigenvalue weighted by atomic mass is 10.2. The Bertz CT molecular complexity index is 335. The Kier molecular flexibility index (Phi) is 3.95. The van der Waals surface area contributed by atoms with Crippen LogP contribution in [0.1, 0.15) is 12.5 Å². The SMILES string of the molecule is CCc1ccccc1SP(O)(O)=S. The van der Waals surface area contributed by atoms with Crippen molar-refractivity contribution in [3.8, 4) is 0 Å². The van der Waals surface area contributed by atoms with E-state index in [1.54, 1.807) is 0 Å². The maximum Gasteiger partial charge on any atom is 0.246 e. The Balaban J connectivity index is 2.94. The van der Waals surface area contributed by atoms with E-state index in [2.05, 4.69) is 11.8 Å². The first-order valence-electron chi connectivity index (χ1n) is 3.86. The molecule has 0 aromatic heterocycles. The van der Waals surface area contributed by atoms with Crippen molar-refractivity contribution in [2.45, 2.75) is 18.2 Å². The summed E-state index contributed by atoms with van der Waals surface area (Å²) < 4.78 is 0. The van der Waals surface area contributed by atoms with Crippen molar-refractivity contribution >= 4 is 28.9 Å². The van der Waals surface area contributed by atoms with Crippen LogP contribution in [-0.4, -0.2) is 9.79 Å². The van der Waals surface area contributed by atoms with Gasteiger partial charge in [-0.15, -0.1) is 0 Å². The second-order valence-electron chi connectivity index (χ2n) is 2.54. The highest BCUT2D eigenvalue weighted by Crippen LogP contribution is 2.55. The van der Waals surface area contributed by atoms with Gasteiger partial charge in [0.05, 0.1) is 0 Å². The van der Waals surface area contributed by atoms with Crippen LogP contribution in [0.2, 0.25) is 0 Å². The van der Waals surface area contributed by atoms with Gasteiger partial charge in [-0.25, -0.2) is 0 Å². The number of rotatable bonds is 3. The molecule has 0 aliphatic heterocycles. The molecule has 0 unspecified atom stereocenters. The summed E-state index contributed by atoms with van der Waals surface area (Å²) in [7, 11) is 0. The normalized spacial score (nSPS) is 11.6. The Morgan fingerprint density at radius 2 is 2.00 bits per heavy atom. The van der Waals surface area contributed by atoms with Crippen LogP contribution in [-0.2, 0) is 18.2 Å². The van der Waals surface area contributed by atoms with Crippen molar-refractivity contribution in [1.82, 2.24) is 0 Å². The maximum absolute atomic E-state index is 9.14. The average molecular weight is 234 g/mol. The molecule has 5 heteroatoms. The first kappa shape index (κ1) is 11.2. The molecule has 1 rings (SSSR count). The molecule has 0 spiro atoms. The zero-order chi connectivity index (χ0) is 9.90. The van der Waals surface area contributed by atoms with Crippen LogP contribution < -0.4 is 0 Å². The van der Waals surface area contributed by atoms with Gasteiger partial charge in [0.2, 0.25) is 5.69 Å². The lowest BCUT2D eigenvalue weighted by Crippen LogP contribution is -1.83. The van der Waals surface area contributed by atoms with Crippen LogP contribution in [0.25, 0.3) is 0 Å². The van der Waals surface area contributed by atoms with E-state index in [9.17, 15) is 0 Å². The molecule has 2 N–H and O–H groups in total. The van der Waals surface area contributed by atoms with Crippen molar-refractivity contribution in [3.63, 3.8) is 0 Å². The molecule has 1 aromatic rings. The van der Waals surface area contributed by atoms with Crippen LogP contribution in [0.4, 0.5) is 0 Å². The predicted octanol–water partition coefficient (Wildman–Crippen LogP) is 2.55. The topological polar surface area (TPSA) is 40.5 Å². The van der Waals surface area contributed by atoms with Crippen molar-refractivity contribution in [1.29, 1.82) is 0 Å². The quantitative estimate of drug-likeness (QED) is 0.788. The summed E-state index contributed by atoms with van der Waals surface area (Å²) in [6, 6.07) is 7.62. The second kappa shape index (κ2) is 4.58. The summed E-state index contributed by atoms with van der Waals surface area (Å²) in [4.78, 5) is 19.1. The van der Waals surface area contributed by atoms with E-state index in [1.165, 1.54) is 0 Å². The standard InChI is InChI=1S/C8H11O2PS2/c1-2-7-5-3-4-6-8(7)13-11(9,10)12/h3-6H,2H2,1H3,(H2,9,10,12). The van der Waals surface area contributed by atoms with Gasteiger partial charge < -0.3 is 9.79 Å². The van der Waals surface area contributed by atoms with Crippen LogP contribution in [0.3, 0.4) is 0 Å². The first-order chi connectivity index (χ1) is 6.03. The van der Waals surface area contributed by atoms with Crippen LogP contribution in [0, 0.1) is 0 Å². The van der Waals surface area contributed by atoms with Crippen molar-refractivity contribution in [2.24, 2.45) is 0 Å². The molecule has 13 heavy (non-hydrogen) atoms. The number of hydrogen-bond donors (Lipinski definition) is 2. The fourth-order valence-corrected chi connectivity index (χ4v) is 3.76. The first-order valence-corrected chi connectivity index (χ1v) is 7.99. The highest BCUT2D eigenvalue weighted by molar-refractivity contribution is 8.67. The summed E-state index contributed by atoms with van der Waals surface area (Å²) in [5.41, 5.74) is -2.08. The number of aryl methyl sites for hydroxylation is 1. The van der Waals surface area contributed by atoms with Gasteiger partial charge in [0.1, 0.15) is 0 Å². The van der Waals surface area contributed by atoms with E-state index in [1.807, 2.05) is 31.2 Å². The largest absolute Gasteiger partial charge is 0.337 e. The van der Waals surface area contributed by atoms with Crippen LogP contribution in [0.5, 0.6) is 0 Å². The third kappa shape index (κ3) is 3.79. The van der Waals surface area contributed by atoms with E-state index in [0.717, 1.165) is 28.3 Å². The van der Waals surface area contributed by atoms with Crippen LogP contribution >= 0.6 is 17.1 Å². The van der Waals surface area contributed by atoms with E-state index in [4.69, 9.17) is 9.79 Å². The van der Waals surface area contributed by atoms with E-state index in [-0.39, 0.29) is 0 Å². The number of hydrogen-bond acceptors (Lipinski definition) is 2. The lowest BCUT2D eigenvalue weighted by molar-refractivity contribution is 0.502. The highest BCUT2D eigenvalue weighted by atomic mass is 32.9. The molecule has 0 aliphatic rings. The molecule has 1 aromatic carbocycles. The van der Waals surface area contributed by atoms with Gasteiger partial charge in [0, 0.05) is 4.90 Å². The fraction of sp³-hybridized carbons (Fsp3) is 0.250. The molecule has 72 valence electrons. The monoisotopic (exact) mass is 234 g/mol. The Morgan fingerprint density at radius 3 is 2.54 bits per heavy atom. The van der Waals surface area contributed by atoms with Gasteiger partial charge in [-0.1, -0.05) is 25.1 Å². The molecule has 2 nitrogen and oxygen atoms in total. The highest BCUT2D eigenvalue weighted by Gasteiger charge is 2.11. The summed E-state index contributed by atoms with van der Waals surface area (Å²) in [5, 5.41) is 0. The minimum Gasteiger partial charge on any atom is -0.337 e. The predicted molar refractivity (Wildman–Crippen MR) is 60.4 cm³/mol. The molecule has 0 saturated heterocycles. The maximum atomic E-state index is 9.14. The molecule has 0 aliphatic carbocycles.